The van der Waals surface area contributed by atoms with Crippen molar-refractivity contribution < 1.29 is 9.59 Å². The molecule has 1 atom stereocenters. The van der Waals surface area contributed by atoms with Crippen molar-refractivity contribution in [2.45, 2.75) is 69.5 Å². The van der Waals surface area contributed by atoms with Crippen molar-refractivity contribution in [3.8, 4) is 0 Å². The number of carbonyl (C=O) groups is 2. The molecule has 31 heavy (non-hydrogen) atoms. The summed E-state index contributed by atoms with van der Waals surface area (Å²) in [6, 6.07) is 15.2. The number of rotatable bonds is 8. The third kappa shape index (κ3) is 7.29. The van der Waals surface area contributed by atoms with Crippen molar-refractivity contribution in [1.29, 1.82) is 0 Å². The lowest BCUT2D eigenvalue weighted by atomic mass is 9.95. The first kappa shape index (κ1) is 23.7. The van der Waals surface area contributed by atoms with Crippen LogP contribution < -0.4 is 5.32 Å². The van der Waals surface area contributed by atoms with Gasteiger partial charge in [0.2, 0.25) is 11.8 Å². The topological polar surface area (TPSA) is 49.4 Å². The highest BCUT2D eigenvalue weighted by atomic mass is 35.5. The second-order valence-electron chi connectivity index (χ2n) is 8.27. The largest absolute Gasteiger partial charge is 0.352 e. The number of nitrogens with one attached hydrogen (secondary N) is 1. The van der Waals surface area contributed by atoms with Crippen molar-refractivity contribution in [2.24, 2.45) is 0 Å². The zero-order valence-corrected chi connectivity index (χ0v) is 19.8. The van der Waals surface area contributed by atoms with Gasteiger partial charge in [0.15, 0.2) is 0 Å². The normalized spacial score (nSPS) is 15.3. The Bertz CT molecular complexity index is 864. The summed E-state index contributed by atoms with van der Waals surface area (Å²) < 4.78 is 0. The molecule has 1 N–H and O–H groups in total. The third-order valence-corrected chi connectivity index (χ3v) is 7.02. The molecule has 1 fully saturated rings. The van der Waals surface area contributed by atoms with Gasteiger partial charge in [0.25, 0.3) is 0 Å². The molecule has 1 aliphatic carbocycles. The molecule has 0 radical (unpaired) electrons. The van der Waals surface area contributed by atoms with E-state index in [-0.39, 0.29) is 23.6 Å². The van der Waals surface area contributed by atoms with Gasteiger partial charge in [-0.3, -0.25) is 9.59 Å². The molecular weight excluding hydrogens is 428 g/mol. The lowest BCUT2D eigenvalue weighted by molar-refractivity contribution is -0.139. The van der Waals surface area contributed by atoms with Gasteiger partial charge in [-0.15, -0.1) is 11.8 Å². The molecule has 0 aliphatic heterocycles. The molecule has 2 aromatic carbocycles. The van der Waals surface area contributed by atoms with Gasteiger partial charge in [0.1, 0.15) is 6.04 Å². The molecule has 3 rings (SSSR count). The minimum absolute atomic E-state index is 0.0492. The molecule has 2 aromatic rings. The molecular formula is C25H31ClN2O2S. The van der Waals surface area contributed by atoms with Crippen LogP contribution in [0.4, 0.5) is 0 Å². The highest BCUT2D eigenvalue weighted by molar-refractivity contribution is 8.00. The van der Waals surface area contributed by atoms with Crippen molar-refractivity contribution >= 4 is 35.2 Å². The Morgan fingerprint density at radius 2 is 1.71 bits per heavy atom. The Morgan fingerprint density at radius 1 is 1.06 bits per heavy atom. The van der Waals surface area contributed by atoms with E-state index < -0.39 is 6.04 Å². The summed E-state index contributed by atoms with van der Waals surface area (Å²) in [4.78, 5) is 28.9. The maximum atomic E-state index is 13.2. The number of aryl methyl sites for hydroxylation is 1. The van der Waals surface area contributed by atoms with Crippen LogP contribution in [0.15, 0.2) is 53.4 Å². The van der Waals surface area contributed by atoms with Gasteiger partial charge >= 0.3 is 0 Å². The first-order valence-electron chi connectivity index (χ1n) is 11.0. The zero-order chi connectivity index (χ0) is 22.2. The summed E-state index contributed by atoms with van der Waals surface area (Å²) in [6.07, 6.45) is 5.58. The van der Waals surface area contributed by atoms with E-state index in [1.54, 1.807) is 4.90 Å². The average molecular weight is 459 g/mol. The van der Waals surface area contributed by atoms with Crippen LogP contribution in [-0.2, 0) is 16.1 Å². The number of halogens is 1. The first-order valence-corrected chi connectivity index (χ1v) is 12.3. The smallest absolute Gasteiger partial charge is 0.242 e. The van der Waals surface area contributed by atoms with Crippen LogP contribution in [-0.4, -0.2) is 34.6 Å². The van der Waals surface area contributed by atoms with Crippen LogP contribution in [0.25, 0.3) is 0 Å². The zero-order valence-electron chi connectivity index (χ0n) is 18.3. The third-order valence-electron chi connectivity index (χ3n) is 5.77. The van der Waals surface area contributed by atoms with Gasteiger partial charge in [-0.05, 0) is 56.5 Å². The molecule has 166 valence electrons. The molecule has 0 aromatic heterocycles. The summed E-state index contributed by atoms with van der Waals surface area (Å²) >= 11 is 7.51. The van der Waals surface area contributed by atoms with Crippen LogP contribution in [0.2, 0.25) is 5.02 Å². The second kappa shape index (κ2) is 11.6. The van der Waals surface area contributed by atoms with E-state index in [4.69, 9.17) is 11.6 Å². The molecule has 0 saturated heterocycles. The molecule has 4 nitrogen and oxygen atoms in total. The van der Waals surface area contributed by atoms with Gasteiger partial charge in [0, 0.05) is 22.5 Å². The lowest BCUT2D eigenvalue weighted by Crippen LogP contribution is -2.50. The van der Waals surface area contributed by atoms with E-state index in [1.165, 1.54) is 23.7 Å². The molecule has 2 amide bonds. The predicted octanol–water partition coefficient (Wildman–Crippen LogP) is 5.61. The summed E-state index contributed by atoms with van der Waals surface area (Å²) in [5.41, 5.74) is 2.14. The molecule has 1 saturated carbocycles. The van der Waals surface area contributed by atoms with Crippen molar-refractivity contribution in [3.63, 3.8) is 0 Å². The van der Waals surface area contributed by atoms with E-state index in [0.29, 0.717) is 11.6 Å². The average Bonchev–Trinajstić information content (AvgIpc) is 2.78. The predicted molar refractivity (Wildman–Crippen MR) is 128 cm³/mol. The number of hydrogen-bond donors (Lipinski definition) is 1. The number of carbonyl (C=O) groups excluding carboxylic acids is 2. The summed E-state index contributed by atoms with van der Waals surface area (Å²) in [5, 5.41) is 3.82. The quantitative estimate of drug-likeness (QED) is 0.523. The van der Waals surface area contributed by atoms with Gasteiger partial charge in [-0.1, -0.05) is 60.7 Å². The van der Waals surface area contributed by atoms with Gasteiger partial charge < -0.3 is 10.2 Å². The van der Waals surface area contributed by atoms with Crippen LogP contribution in [0.5, 0.6) is 0 Å². The Balaban J connectivity index is 1.69. The summed E-state index contributed by atoms with van der Waals surface area (Å²) in [6.45, 7) is 4.24. The Kier molecular flexibility index (Phi) is 8.85. The first-order chi connectivity index (χ1) is 14.9. The minimum atomic E-state index is -0.538. The monoisotopic (exact) mass is 458 g/mol. The van der Waals surface area contributed by atoms with Crippen LogP contribution in [0.1, 0.15) is 50.2 Å². The molecule has 6 heteroatoms. The maximum absolute atomic E-state index is 13.2. The fourth-order valence-corrected chi connectivity index (χ4v) is 4.71. The van der Waals surface area contributed by atoms with E-state index in [2.05, 4.69) is 5.32 Å². The van der Waals surface area contributed by atoms with Gasteiger partial charge in [-0.25, -0.2) is 0 Å². The van der Waals surface area contributed by atoms with Crippen LogP contribution >= 0.6 is 23.4 Å². The highest BCUT2D eigenvalue weighted by Crippen LogP contribution is 2.22. The fraction of sp³-hybridized carbons (Fsp3) is 0.440. The molecule has 0 heterocycles. The highest BCUT2D eigenvalue weighted by Gasteiger charge is 2.28. The molecule has 0 bridgehead atoms. The lowest BCUT2D eigenvalue weighted by Gasteiger charge is -2.31. The number of hydrogen-bond acceptors (Lipinski definition) is 3. The van der Waals surface area contributed by atoms with Gasteiger partial charge in [0.05, 0.1) is 5.75 Å². The van der Waals surface area contributed by atoms with E-state index in [9.17, 15) is 9.59 Å². The number of benzene rings is 2. The summed E-state index contributed by atoms with van der Waals surface area (Å²) in [5.74, 6) is 0.166. The number of amides is 2. The maximum Gasteiger partial charge on any atom is 0.242 e. The fourth-order valence-electron chi connectivity index (χ4n) is 3.80. The van der Waals surface area contributed by atoms with E-state index in [0.717, 1.165) is 36.1 Å². The molecule has 0 unspecified atom stereocenters. The van der Waals surface area contributed by atoms with Crippen molar-refractivity contribution in [2.75, 3.05) is 5.75 Å². The number of thioether (sulfide) groups is 1. The van der Waals surface area contributed by atoms with Crippen molar-refractivity contribution in [1.82, 2.24) is 10.2 Å². The SMILES string of the molecule is Cc1ccc(SCC(=O)N(Cc2ccc(Cl)cc2)[C@H](C)C(=O)NC2CCCCC2)cc1. The Morgan fingerprint density at radius 3 is 2.35 bits per heavy atom. The minimum Gasteiger partial charge on any atom is -0.352 e. The Hall–Kier alpha value is -1.98. The van der Waals surface area contributed by atoms with Crippen LogP contribution in [0.3, 0.4) is 0 Å². The standard InChI is InChI=1S/C25H31ClN2O2S/c1-18-8-14-23(15-9-18)31-17-24(29)28(16-20-10-12-21(26)13-11-20)19(2)25(30)27-22-6-4-3-5-7-22/h8-15,19,22H,3-7,16-17H2,1-2H3,(H,27,30)/t19-/m1/s1. The van der Waals surface area contributed by atoms with Gasteiger partial charge in [-0.2, -0.15) is 0 Å². The van der Waals surface area contributed by atoms with Crippen LogP contribution in [0, 0.1) is 6.92 Å². The number of nitrogens with zero attached hydrogens (tertiary/aromatic N) is 1. The second-order valence-corrected chi connectivity index (χ2v) is 9.75. The summed E-state index contributed by atoms with van der Waals surface area (Å²) in [7, 11) is 0. The van der Waals surface area contributed by atoms with E-state index >= 15 is 0 Å². The van der Waals surface area contributed by atoms with E-state index in [1.807, 2.05) is 62.4 Å². The molecule has 0 spiro atoms. The Labute approximate surface area is 194 Å². The molecule has 1 aliphatic rings. The van der Waals surface area contributed by atoms with Crippen molar-refractivity contribution in [3.05, 3.63) is 64.7 Å².